The van der Waals surface area contributed by atoms with E-state index in [1.165, 1.54) is 70.6 Å². The Labute approximate surface area is 315 Å². The number of esters is 2. The van der Waals surface area contributed by atoms with Gasteiger partial charge in [-0.25, -0.2) is 0 Å². The van der Waals surface area contributed by atoms with Crippen LogP contribution in [0, 0.1) is 0 Å². The summed E-state index contributed by atoms with van der Waals surface area (Å²) in [6.45, 7) is 3.36. The van der Waals surface area contributed by atoms with Gasteiger partial charge in [0, 0.05) is 12.8 Å². The molecule has 1 aliphatic heterocycles. The first-order valence-electron chi connectivity index (χ1n) is 20.9. The highest BCUT2D eigenvalue weighted by molar-refractivity contribution is 5.70. The maximum absolute atomic E-state index is 12.7. The van der Waals surface area contributed by atoms with E-state index < -0.39 is 49.4 Å². The van der Waals surface area contributed by atoms with E-state index in [2.05, 4.69) is 38.2 Å². The van der Waals surface area contributed by atoms with Crippen molar-refractivity contribution in [3.05, 3.63) is 24.3 Å². The van der Waals surface area contributed by atoms with Gasteiger partial charge in [0.15, 0.2) is 12.4 Å². The molecule has 0 spiro atoms. The lowest BCUT2D eigenvalue weighted by Gasteiger charge is -2.39. The third-order valence-electron chi connectivity index (χ3n) is 9.59. The molecule has 0 aromatic carbocycles. The van der Waals surface area contributed by atoms with Crippen molar-refractivity contribution >= 4 is 11.9 Å². The molecule has 1 aliphatic rings. The molecule has 1 rings (SSSR count). The molecule has 10 nitrogen and oxygen atoms in total. The normalized spacial score (nSPS) is 21.2. The first-order chi connectivity index (χ1) is 25.3. The van der Waals surface area contributed by atoms with Crippen LogP contribution >= 0.6 is 0 Å². The Hall–Kier alpha value is -1.82. The van der Waals surface area contributed by atoms with Gasteiger partial charge >= 0.3 is 11.9 Å². The van der Waals surface area contributed by atoms with Crippen molar-refractivity contribution in [1.82, 2.24) is 0 Å². The monoisotopic (exact) mass is 741 g/mol. The van der Waals surface area contributed by atoms with Crippen LogP contribution in [0.15, 0.2) is 24.3 Å². The highest BCUT2D eigenvalue weighted by Crippen LogP contribution is 2.22. The minimum atomic E-state index is -1.59. The summed E-state index contributed by atoms with van der Waals surface area (Å²) in [5.74, 6) is -0.819. The first kappa shape index (κ1) is 48.2. The van der Waals surface area contributed by atoms with Gasteiger partial charge in [-0.2, -0.15) is 0 Å². The predicted molar refractivity (Wildman–Crippen MR) is 206 cm³/mol. The highest BCUT2D eigenvalue weighted by atomic mass is 16.7. The number of unbranched alkanes of at least 4 members (excludes halogenated alkanes) is 19. The quantitative estimate of drug-likeness (QED) is 0.0289. The summed E-state index contributed by atoms with van der Waals surface area (Å²) in [7, 11) is 0. The van der Waals surface area contributed by atoms with Gasteiger partial charge in [-0.15, -0.1) is 0 Å². The molecule has 4 N–H and O–H groups in total. The third kappa shape index (κ3) is 25.2. The number of hydrogen-bond acceptors (Lipinski definition) is 10. The van der Waals surface area contributed by atoms with Crippen LogP contribution in [0.2, 0.25) is 0 Å². The van der Waals surface area contributed by atoms with Crippen LogP contribution < -0.4 is 0 Å². The molecule has 6 atom stereocenters. The first-order valence-corrected chi connectivity index (χ1v) is 20.9. The second-order valence-electron chi connectivity index (χ2n) is 14.4. The minimum absolute atomic E-state index is 0.222. The van der Waals surface area contributed by atoms with Gasteiger partial charge in [-0.1, -0.05) is 147 Å². The number of carbonyl (C=O) groups is 2. The van der Waals surface area contributed by atoms with E-state index in [0.717, 1.165) is 64.2 Å². The standard InChI is InChI=1S/C42H76O10/c1-3-5-7-9-11-13-15-17-19-20-22-24-26-28-30-37(44)49-33-35(34-50-42-41(48)40(47)39(46)36(32-43)52-42)51-38(45)31-29-27-25-23-21-18-16-14-12-10-8-6-4-2/h9,11,15,17,35-36,39-43,46-48H,3-8,10,12-14,16,18-34H2,1-2H3/b11-9+,17-15+/t35-,36-,39+,40?,41?,42-/m0/s1. The Morgan fingerprint density at radius 2 is 1.10 bits per heavy atom. The van der Waals surface area contributed by atoms with Crippen LogP contribution in [0.4, 0.5) is 0 Å². The summed E-state index contributed by atoms with van der Waals surface area (Å²) in [6, 6.07) is 0. The third-order valence-corrected chi connectivity index (χ3v) is 9.59. The average Bonchev–Trinajstić information content (AvgIpc) is 3.14. The van der Waals surface area contributed by atoms with E-state index in [-0.39, 0.29) is 32.0 Å². The van der Waals surface area contributed by atoms with E-state index >= 15 is 0 Å². The van der Waals surface area contributed by atoms with Crippen LogP contribution in [0.3, 0.4) is 0 Å². The smallest absolute Gasteiger partial charge is 0.306 e. The lowest BCUT2D eigenvalue weighted by atomic mass is 9.99. The Morgan fingerprint density at radius 1 is 0.596 bits per heavy atom. The van der Waals surface area contributed by atoms with Crippen LogP contribution in [0.5, 0.6) is 0 Å². The zero-order valence-electron chi connectivity index (χ0n) is 32.8. The SMILES string of the molecule is CCCC/C=C/C/C=C/CCCCCCCC(=O)OC[C@@H](CO[C@H]1O[C@@H](CO)[C@@H](O)C(O)C1O)OC(=O)CCCCCCCCCCCCCCC. The van der Waals surface area contributed by atoms with Crippen molar-refractivity contribution in [2.24, 2.45) is 0 Å². The van der Waals surface area contributed by atoms with Gasteiger partial charge in [-0.05, 0) is 38.5 Å². The van der Waals surface area contributed by atoms with Crippen LogP contribution in [-0.2, 0) is 28.5 Å². The molecule has 0 saturated carbocycles. The minimum Gasteiger partial charge on any atom is -0.462 e. The van der Waals surface area contributed by atoms with E-state index in [4.69, 9.17) is 18.9 Å². The molecule has 0 aliphatic carbocycles. The molecule has 10 heteroatoms. The summed E-state index contributed by atoms with van der Waals surface area (Å²) in [6.07, 6.45) is 27.5. The average molecular weight is 741 g/mol. The summed E-state index contributed by atoms with van der Waals surface area (Å²) < 4.78 is 22.1. The Bertz CT molecular complexity index is 907. The number of allylic oxidation sites excluding steroid dienone is 4. The van der Waals surface area contributed by atoms with Crippen LogP contribution in [0.25, 0.3) is 0 Å². The lowest BCUT2D eigenvalue weighted by molar-refractivity contribution is -0.305. The molecule has 1 heterocycles. The fourth-order valence-corrected chi connectivity index (χ4v) is 6.20. The Balaban J connectivity index is 2.37. The van der Waals surface area contributed by atoms with Crippen molar-refractivity contribution in [1.29, 1.82) is 0 Å². The second kappa shape index (κ2) is 33.7. The van der Waals surface area contributed by atoms with Gasteiger partial charge in [0.2, 0.25) is 0 Å². The molecular weight excluding hydrogens is 664 g/mol. The molecule has 2 unspecified atom stereocenters. The van der Waals surface area contributed by atoms with E-state index in [1.807, 2.05) is 0 Å². The summed E-state index contributed by atoms with van der Waals surface area (Å²) in [5, 5.41) is 40.0. The summed E-state index contributed by atoms with van der Waals surface area (Å²) in [5.41, 5.74) is 0. The molecule has 52 heavy (non-hydrogen) atoms. The molecule has 1 saturated heterocycles. The molecule has 0 aromatic heterocycles. The second-order valence-corrected chi connectivity index (χ2v) is 14.4. The Morgan fingerprint density at radius 3 is 1.65 bits per heavy atom. The molecule has 304 valence electrons. The molecule has 1 fully saturated rings. The number of aliphatic hydroxyl groups is 4. The summed E-state index contributed by atoms with van der Waals surface area (Å²) >= 11 is 0. The number of aliphatic hydroxyl groups excluding tert-OH is 4. The largest absolute Gasteiger partial charge is 0.462 e. The number of hydrogen-bond donors (Lipinski definition) is 4. The van der Waals surface area contributed by atoms with Crippen molar-refractivity contribution < 1.29 is 49.0 Å². The van der Waals surface area contributed by atoms with Crippen molar-refractivity contribution in [3.63, 3.8) is 0 Å². The number of ether oxygens (including phenoxy) is 4. The Kier molecular flexibility index (Phi) is 31.3. The van der Waals surface area contributed by atoms with Crippen LogP contribution in [0.1, 0.15) is 174 Å². The van der Waals surface area contributed by atoms with Crippen molar-refractivity contribution in [2.75, 3.05) is 19.8 Å². The topological polar surface area (TPSA) is 152 Å². The summed E-state index contributed by atoms with van der Waals surface area (Å²) in [4.78, 5) is 25.2. The fraction of sp³-hybridized carbons (Fsp3) is 0.857. The predicted octanol–water partition coefficient (Wildman–Crippen LogP) is 8.16. The van der Waals surface area contributed by atoms with Crippen molar-refractivity contribution in [3.8, 4) is 0 Å². The van der Waals surface area contributed by atoms with Crippen LogP contribution in [-0.4, -0.2) is 89.0 Å². The fourth-order valence-electron chi connectivity index (χ4n) is 6.20. The molecule has 0 aromatic rings. The maximum Gasteiger partial charge on any atom is 0.306 e. The zero-order chi connectivity index (χ0) is 38.1. The molecule has 0 amide bonds. The van der Waals surface area contributed by atoms with Gasteiger partial charge in [-0.3, -0.25) is 9.59 Å². The van der Waals surface area contributed by atoms with Gasteiger partial charge < -0.3 is 39.4 Å². The molecular formula is C42H76O10. The zero-order valence-corrected chi connectivity index (χ0v) is 32.8. The maximum atomic E-state index is 12.7. The van der Waals surface area contributed by atoms with Crippen molar-refractivity contribution in [2.45, 2.75) is 211 Å². The van der Waals surface area contributed by atoms with E-state index in [1.54, 1.807) is 0 Å². The van der Waals surface area contributed by atoms with E-state index in [0.29, 0.717) is 12.8 Å². The molecule has 0 bridgehead atoms. The van der Waals surface area contributed by atoms with Gasteiger partial charge in [0.25, 0.3) is 0 Å². The molecule has 0 radical (unpaired) electrons. The number of rotatable bonds is 34. The van der Waals surface area contributed by atoms with Gasteiger partial charge in [0.1, 0.15) is 31.0 Å². The van der Waals surface area contributed by atoms with Gasteiger partial charge in [0.05, 0.1) is 13.2 Å². The lowest BCUT2D eigenvalue weighted by Crippen LogP contribution is -2.59. The number of carbonyl (C=O) groups excluding carboxylic acids is 2. The highest BCUT2D eigenvalue weighted by Gasteiger charge is 2.44. The van der Waals surface area contributed by atoms with E-state index in [9.17, 15) is 30.0 Å².